The lowest BCUT2D eigenvalue weighted by molar-refractivity contribution is -0.136. The van der Waals surface area contributed by atoms with Gasteiger partial charge in [-0.3, -0.25) is 29.6 Å². The number of primary amides is 1. The number of piperidine rings is 2. The van der Waals surface area contributed by atoms with Crippen LogP contribution in [0.4, 0.5) is 4.79 Å². The zero-order valence-electron chi connectivity index (χ0n) is 24.9. The van der Waals surface area contributed by atoms with Crippen LogP contribution in [0.2, 0.25) is 0 Å². The molecule has 1 aromatic heterocycles. The normalized spacial score (nSPS) is 21.3. The van der Waals surface area contributed by atoms with E-state index in [0.717, 1.165) is 67.9 Å². The van der Waals surface area contributed by atoms with Crippen molar-refractivity contribution < 1.29 is 28.7 Å². The van der Waals surface area contributed by atoms with Gasteiger partial charge in [0.05, 0.1) is 11.8 Å². The van der Waals surface area contributed by atoms with Crippen LogP contribution in [0, 0.1) is 5.41 Å². The van der Waals surface area contributed by atoms with E-state index in [9.17, 15) is 19.2 Å². The summed E-state index contributed by atoms with van der Waals surface area (Å²) in [5, 5.41) is 2.35. The van der Waals surface area contributed by atoms with E-state index in [-0.39, 0.29) is 24.3 Å². The lowest BCUT2D eigenvalue weighted by atomic mass is 9.61. The Kier molecular flexibility index (Phi) is 7.48. The number of hydrogen-bond donors (Lipinski definition) is 2. The molecule has 0 bridgehead atoms. The molecule has 4 amide bonds. The van der Waals surface area contributed by atoms with Crippen LogP contribution in [0.1, 0.15) is 60.0 Å². The molecule has 2 aromatic carbocycles. The molecular formula is C34H35N5O6. The molecule has 3 aliphatic heterocycles. The van der Waals surface area contributed by atoms with Crippen LogP contribution in [0.5, 0.6) is 11.5 Å². The number of imide groups is 1. The summed E-state index contributed by atoms with van der Waals surface area (Å²) >= 11 is 0. The number of benzene rings is 2. The first kappa shape index (κ1) is 29.0. The maximum Gasteiger partial charge on any atom is 0.409 e. The van der Waals surface area contributed by atoms with E-state index in [0.29, 0.717) is 29.7 Å². The van der Waals surface area contributed by atoms with Gasteiger partial charge in [0.25, 0.3) is 5.91 Å². The molecule has 3 aromatic rings. The van der Waals surface area contributed by atoms with Gasteiger partial charge in [-0.2, -0.15) is 0 Å². The third kappa shape index (κ3) is 6.00. The summed E-state index contributed by atoms with van der Waals surface area (Å²) in [6.07, 6.45) is 6.14. The minimum atomic E-state index is -0.834. The number of nitrogens with zero attached hydrogens (tertiary/aromatic N) is 3. The highest BCUT2D eigenvalue weighted by molar-refractivity contribution is 6.05. The molecule has 2 saturated heterocycles. The van der Waals surface area contributed by atoms with E-state index in [1.807, 2.05) is 24.4 Å². The number of ether oxygens (including phenoxy) is 2. The Hall–Kier alpha value is -4.77. The zero-order valence-corrected chi connectivity index (χ0v) is 24.9. The first-order valence-corrected chi connectivity index (χ1v) is 15.4. The lowest BCUT2D eigenvalue weighted by Crippen LogP contribution is -2.52. The molecule has 4 heterocycles. The number of nitrogens with two attached hydrogens (primary N) is 1. The molecule has 1 unspecified atom stereocenters. The van der Waals surface area contributed by atoms with Gasteiger partial charge in [-0.1, -0.05) is 6.07 Å². The Morgan fingerprint density at radius 3 is 2.49 bits per heavy atom. The number of fused-ring (bicyclic) bond motifs is 1. The van der Waals surface area contributed by atoms with Crippen molar-refractivity contribution in [1.29, 1.82) is 0 Å². The highest BCUT2D eigenvalue weighted by atomic mass is 16.5. The van der Waals surface area contributed by atoms with Gasteiger partial charge in [0.1, 0.15) is 17.5 Å². The molecule has 11 heteroatoms. The van der Waals surface area contributed by atoms with E-state index in [4.69, 9.17) is 15.2 Å². The van der Waals surface area contributed by atoms with Crippen molar-refractivity contribution in [2.24, 2.45) is 11.1 Å². The maximum absolute atomic E-state index is 13.1. The standard InChI is InChI=1S/C34H35N5O6/c35-33(43)45-25-4-2-24(3-5-25)44-26-17-34(18-26)10-13-38(14-11-34)19-21-9-12-36-28(15-21)22-1-6-27-23(16-22)20-39(32(27)42)29-7-8-30(40)37-31(29)41/h1-6,9,12,15-16,26,29H,7-8,10-11,13-14,17-20H2,(H2,35,43)(H,37,40,41). The minimum absolute atomic E-state index is 0.175. The second kappa shape index (κ2) is 11.6. The molecular weight excluding hydrogens is 574 g/mol. The van der Waals surface area contributed by atoms with E-state index >= 15 is 0 Å². The van der Waals surface area contributed by atoms with Crippen LogP contribution in [-0.4, -0.2) is 63.8 Å². The largest absolute Gasteiger partial charge is 0.490 e. The van der Waals surface area contributed by atoms with Crippen molar-refractivity contribution in [3.63, 3.8) is 0 Å². The number of likely N-dealkylation sites (tertiary alicyclic amines) is 1. The van der Waals surface area contributed by atoms with Crippen molar-refractivity contribution in [1.82, 2.24) is 20.1 Å². The number of carbonyl (C=O) groups is 4. The van der Waals surface area contributed by atoms with Crippen molar-refractivity contribution in [2.45, 2.75) is 63.8 Å². The summed E-state index contributed by atoms with van der Waals surface area (Å²) in [4.78, 5) is 56.6. The van der Waals surface area contributed by atoms with Gasteiger partial charge < -0.3 is 20.1 Å². The average Bonchev–Trinajstić information content (AvgIpc) is 3.33. The van der Waals surface area contributed by atoms with Gasteiger partial charge in [-0.15, -0.1) is 0 Å². The lowest BCUT2D eigenvalue weighted by Gasteiger charge is -2.51. The molecule has 232 valence electrons. The average molecular weight is 610 g/mol. The Morgan fingerprint density at radius 1 is 1.00 bits per heavy atom. The summed E-state index contributed by atoms with van der Waals surface area (Å²) in [5.41, 5.74) is 9.83. The van der Waals surface area contributed by atoms with Crippen LogP contribution in [0.3, 0.4) is 0 Å². The predicted molar refractivity (Wildman–Crippen MR) is 163 cm³/mol. The quantitative estimate of drug-likeness (QED) is 0.385. The monoisotopic (exact) mass is 609 g/mol. The highest BCUT2D eigenvalue weighted by Crippen LogP contribution is 2.50. The van der Waals surface area contributed by atoms with Gasteiger partial charge in [0, 0.05) is 36.8 Å². The van der Waals surface area contributed by atoms with Crippen molar-refractivity contribution in [3.8, 4) is 22.8 Å². The molecule has 0 radical (unpaired) electrons. The van der Waals surface area contributed by atoms with Crippen LogP contribution in [0.15, 0.2) is 60.8 Å². The van der Waals surface area contributed by atoms with Crippen LogP contribution >= 0.6 is 0 Å². The smallest absolute Gasteiger partial charge is 0.409 e. The number of rotatable bonds is 7. The molecule has 1 saturated carbocycles. The molecule has 7 rings (SSSR count). The first-order chi connectivity index (χ1) is 21.7. The van der Waals surface area contributed by atoms with Gasteiger partial charge in [0.2, 0.25) is 11.8 Å². The number of hydrogen-bond acceptors (Lipinski definition) is 8. The summed E-state index contributed by atoms with van der Waals surface area (Å²) in [6.45, 7) is 3.24. The molecule has 4 aliphatic rings. The van der Waals surface area contributed by atoms with Gasteiger partial charge in [0.15, 0.2) is 0 Å². The van der Waals surface area contributed by atoms with E-state index in [2.05, 4.69) is 27.3 Å². The Bertz CT molecular complexity index is 1660. The maximum atomic E-state index is 13.1. The van der Waals surface area contributed by atoms with Crippen LogP contribution in [-0.2, 0) is 22.7 Å². The molecule has 3 fully saturated rings. The molecule has 1 spiro atoms. The van der Waals surface area contributed by atoms with E-state index in [1.54, 1.807) is 29.2 Å². The Morgan fingerprint density at radius 2 is 1.76 bits per heavy atom. The topological polar surface area (TPSA) is 144 Å². The number of pyridine rings is 1. The summed E-state index contributed by atoms with van der Waals surface area (Å²) in [5.74, 6) is 0.289. The van der Waals surface area contributed by atoms with Crippen LogP contribution in [0.25, 0.3) is 11.3 Å². The number of aromatic nitrogens is 1. The van der Waals surface area contributed by atoms with Crippen molar-refractivity contribution in [3.05, 3.63) is 77.5 Å². The van der Waals surface area contributed by atoms with Crippen molar-refractivity contribution >= 4 is 23.8 Å². The van der Waals surface area contributed by atoms with Crippen LogP contribution < -0.4 is 20.5 Å². The number of amides is 4. The third-order valence-electron chi connectivity index (χ3n) is 9.63. The fraction of sp³-hybridized carbons (Fsp3) is 0.382. The summed E-state index contributed by atoms with van der Waals surface area (Å²) in [6, 6.07) is 16.2. The molecule has 11 nitrogen and oxygen atoms in total. The SMILES string of the molecule is NC(=O)Oc1ccc(OC2CC3(CCN(Cc4ccnc(-c5ccc6c(c5)CN(C5CCC(=O)NC5=O)C6=O)c4)CC3)C2)cc1. The van der Waals surface area contributed by atoms with Gasteiger partial charge >= 0.3 is 6.09 Å². The Balaban J connectivity index is 0.923. The fourth-order valence-corrected chi connectivity index (χ4v) is 7.20. The summed E-state index contributed by atoms with van der Waals surface area (Å²) < 4.78 is 11.0. The zero-order chi connectivity index (χ0) is 31.1. The van der Waals surface area contributed by atoms with Crippen molar-refractivity contribution in [2.75, 3.05) is 13.1 Å². The van der Waals surface area contributed by atoms with Gasteiger partial charge in [-0.25, -0.2) is 4.79 Å². The second-order valence-electron chi connectivity index (χ2n) is 12.6. The minimum Gasteiger partial charge on any atom is -0.490 e. The molecule has 45 heavy (non-hydrogen) atoms. The molecule has 3 N–H and O–H groups in total. The third-order valence-corrected chi connectivity index (χ3v) is 9.63. The number of carbonyl (C=O) groups excluding carboxylic acids is 4. The summed E-state index contributed by atoms with van der Waals surface area (Å²) in [7, 11) is 0. The van der Waals surface area contributed by atoms with E-state index < -0.39 is 18.0 Å². The molecule has 1 aliphatic carbocycles. The molecule has 1 atom stereocenters. The predicted octanol–water partition coefficient (Wildman–Crippen LogP) is 3.79. The fourth-order valence-electron chi connectivity index (χ4n) is 7.20. The first-order valence-electron chi connectivity index (χ1n) is 15.4. The number of nitrogens with one attached hydrogen (secondary N) is 1. The van der Waals surface area contributed by atoms with E-state index in [1.165, 1.54) is 5.56 Å². The highest BCUT2D eigenvalue weighted by Gasteiger charge is 2.47. The Labute approximate surface area is 260 Å². The van der Waals surface area contributed by atoms with Gasteiger partial charge in [-0.05, 0) is 110 Å². The second-order valence-corrected chi connectivity index (χ2v) is 12.6.